The molecule has 1 unspecified atom stereocenters. The van der Waals surface area contributed by atoms with Gasteiger partial charge in [0.05, 0.1) is 16.2 Å². The fourth-order valence-electron chi connectivity index (χ4n) is 1.54. The zero-order chi connectivity index (χ0) is 12.6. The zero-order valence-corrected chi connectivity index (χ0v) is 10.6. The normalized spacial score (nSPS) is 12.8. The molecule has 0 aliphatic rings. The van der Waals surface area contributed by atoms with E-state index in [0.29, 0.717) is 11.3 Å². The van der Waals surface area contributed by atoms with Gasteiger partial charge < -0.3 is 5.73 Å². The second kappa shape index (κ2) is 4.54. The Morgan fingerprint density at radius 1 is 1.35 bits per heavy atom. The van der Waals surface area contributed by atoms with E-state index >= 15 is 0 Å². The van der Waals surface area contributed by atoms with Crippen molar-refractivity contribution in [2.24, 2.45) is 12.8 Å². The molecule has 1 aromatic carbocycles. The summed E-state index contributed by atoms with van der Waals surface area (Å²) >= 11 is 3.01. The Morgan fingerprint density at radius 3 is 2.65 bits per heavy atom. The molecule has 0 saturated heterocycles. The molecule has 0 fully saturated rings. The predicted molar refractivity (Wildman–Crippen MR) is 63.3 cm³/mol. The van der Waals surface area contributed by atoms with Crippen molar-refractivity contribution in [1.29, 1.82) is 0 Å². The highest BCUT2D eigenvalue weighted by atomic mass is 79.9. The van der Waals surface area contributed by atoms with E-state index in [1.54, 1.807) is 24.0 Å². The topological polar surface area (TPSA) is 43.8 Å². The minimum Gasteiger partial charge on any atom is -0.319 e. The van der Waals surface area contributed by atoms with E-state index in [4.69, 9.17) is 5.73 Å². The van der Waals surface area contributed by atoms with Gasteiger partial charge in [-0.05, 0) is 33.6 Å². The van der Waals surface area contributed by atoms with Crippen LogP contribution in [0, 0.1) is 11.6 Å². The van der Waals surface area contributed by atoms with Gasteiger partial charge in [0.25, 0.3) is 0 Å². The van der Waals surface area contributed by atoms with Crippen LogP contribution in [0.1, 0.15) is 17.3 Å². The molecule has 1 atom stereocenters. The molecule has 3 nitrogen and oxygen atoms in total. The summed E-state index contributed by atoms with van der Waals surface area (Å²) in [5.41, 5.74) is 7.01. The van der Waals surface area contributed by atoms with Crippen molar-refractivity contribution in [3.63, 3.8) is 0 Å². The molecule has 0 spiro atoms. The predicted octanol–water partition coefficient (Wildman–Crippen LogP) is 2.51. The molecule has 17 heavy (non-hydrogen) atoms. The number of nitrogens with zero attached hydrogens (tertiary/aromatic N) is 2. The first kappa shape index (κ1) is 12.2. The van der Waals surface area contributed by atoms with Crippen molar-refractivity contribution in [2.75, 3.05) is 0 Å². The van der Waals surface area contributed by atoms with Crippen LogP contribution in [0.3, 0.4) is 0 Å². The van der Waals surface area contributed by atoms with Gasteiger partial charge in [0.2, 0.25) is 0 Å². The maximum Gasteiger partial charge on any atom is 0.173 e. The van der Waals surface area contributed by atoms with E-state index in [1.807, 2.05) is 0 Å². The lowest BCUT2D eigenvalue weighted by Crippen LogP contribution is -2.14. The summed E-state index contributed by atoms with van der Waals surface area (Å²) < 4.78 is 28.0. The van der Waals surface area contributed by atoms with Crippen LogP contribution in [-0.4, -0.2) is 9.78 Å². The highest BCUT2D eigenvalue weighted by Crippen LogP contribution is 2.29. The molecular weight excluding hydrogens is 292 g/mol. The van der Waals surface area contributed by atoms with Crippen LogP contribution in [0.4, 0.5) is 8.78 Å². The SMILES string of the molecule is Cn1ccc(C(N)c2ccc(F)c(F)c2Br)n1. The standard InChI is InChI=1S/C11H10BrF2N3/c1-17-5-4-8(16-17)11(15)6-2-3-7(13)10(14)9(6)12/h2-5,11H,15H2,1H3. The van der Waals surface area contributed by atoms with Gasteiger partial charge in [0, 0.05) is 13.2 Å². The number of halogens is 3. The number of benzene rings is 1. The smallest absolute Gasteiger partial charge is 0.173 e. The number of hydrogen-bond acceptors (Lipinski definition) is 2. The lowest BCUT2D eigenvalue weighted by Gasteiger charge is -2.12. The molecular formula is C11H10BrF2N3. The van der Waals surface area contributed by atoms with Crippen molar-refractivity contribution in [2.45, 2.75) is 6.04 Å². The summed E-state index contributed by atoms with van der Waals surface area (Å²) in [4.78, 5) is 0. The maximum atomic E-state index is 13.4. The summed E-state index contributed by atoms with van der Waals surface area (Å²) in [6.45, 7) is 0. The number of hydrogen-bond donors (Lipinski definition) is 1. The molecule has 0 saturated carbocycles. The van der Waals surface area contributed by atoms with Gasteiger partial charge in [-0.25, -0.2) is 8.78 Å². The molecule has 0 amide bonds. The van der Waals surface area contributed by atoms with Gasteiger partial charge in [-0.3, -0.25) is 4.68 Å². The molecule has 90 valence electrons. The van der Waals surface area contributed by atoms with Crippen LogP contribution in [0.25, 0.3) is 0 Å². The minimum atomic E-state index is -0.936. The molecule has 6 heteroatoms. The van der Waals surface area contributed by atoms with Crippen LogP contribution in [-0.2, 0) is 7.05 Å². The maximum absolute atomic E-state index is 13.4. The van der Waals surface area contributed by atoms with E-state index in [0.717, 1.165) is 6.07 Å². The fourth-order valence-corrected chi connectivity index (χ4v) is 2.11. The Kier molecular flexibility index (Phi) is 3.26. The monoisotopic (exact) mass is 301 g/mol. The van der Waals surface area contributed by atoms with E-state index in [-0.39, 0.29) is 4.47 Å². The molecule has 1 heterocycles. The second-order valence-corrected chi connectivity index (χ2v) is 4.45. The molecule has 0 aliphatic heterocycles. The zero-order valence-electron chi connectivity index (χ0n) is 8.99. The van der Waals surface area contributed by atoms with E-state index in [9.17, 15) is 8.78 Å². The van der Waals surface area contributed by atoms with E-state index in [2.05, 4.69) is 21.0 Å². The van der Waals surface area contributed by atoms with Crippen molar-refractivity contribution in [3.8, 4) is 0 Å². The van der Waals surface area contributed by atoms with Crippen molar-refractivity contribution < 1.29 is 8.78 Å². The fraction of sp³-hybridized carbons (Fsp3) is 0.182. The number of aromatic nitrogens is 2. The van der Waals surface area contributed by atoms with E-state index < -0.39 is 17.7 Å². The third kappa shape index (κ3) is 2.23. The van der Waals surface area contributed by atoms with Gasteiger partial charge in [-0.15, -0.1) is 0 Å². The first-order valence-electron chi connectivity index (χ1n) is 4.89. The Labute approximate surface area is 105 Å². The van der Waals surface area contributed by atoms with E-state index in [1.165, 1.54) is 6.07 Å². The highest BCUT2D eigenvalue weighted by Gasteiger charge is 2.19. The molecule has 0 radical (unpaired) electrons. The Balaban J connectivity index is 2.44. The summed E-state index contributed by atoms with van der Waals surface area (Å²) in [5, 5.41) is 4.13. The Hall–Kier alpha value is -1.27. The molecule has 1 aromatic heterocycles. The molecule has 2 N–H and O–H groups in total. The molecule has 2 aromatic rings. The molecule has 0 bridgehead atoms. The lowest BCUT2D eigenvalue weighted by molar-refractivity contribution is 0.501. The minimum absolute atomic E-state index is 0.0376. The number of nitrogens with two attached hydrogens (primary N) is 1. The van der Waals surface area contributed by atoms with Gasteiger partial charge in [0.15, 0.2) is 11.6 Å². The van der Waals surface area contributed by atoms with Crippen LogP contribution < -0.4 is 5.73 Å². The van der Waals surface area contributed by atoms with Gasteiger partial charge >= 0.3 is 0 Å². The summed E-state index contributed by atoms with van der Waals surface area (Å²) in [5.74, 6) is -1.84. The quantitative estimate of drug-likeness (QED) is 0.866. The Bertz CT molecular complexity index is 554. The van der Waals surface area contributed by atoms with Gasteiger partial charge in [-0.2, -0.15) is 5.10 Å². The highest BCUT2D eigenvalue weighted by molar-refractivity contribution is 9.10. The summed E-state index contributed by atoms with van der Waals surface area (Å²) in [7, 11) is 1.76. The van der Waals surface area contributed by atoms with Crippen LogP contribution in [0.5, 0.6) is 0 Å². The largest absolute Gasteiger partial charge is 0.319 e. The Morgan fingerprint density at radius 2 is 2.06 bits per heavy atom. The van der Waals surface area contributed by atoms with Gasteiger partial charge in [-0.1, -0.05) is 6.07 Å². The van der Waals surface area contributed by atoms with Crippen LogP contribution in [0.2, 0.25) is 0 Å². The average Bonchev–Trinajstić information content (AvgIpc) is 2.72. The molecule has 0 aliphatic carbocycles. The van der Waals surface area contributed by atoms with Crippen molar-refractivity contribution >= 4 is 15.9 Å². The summed E-state index contributed by atoms with van der Waals surface area (Å²) in [6, 6.07) is 3.64. The number of rotatable bonds is 2. The second-order valence-electron chi connectivity index (χ2n) is 3.66. The average molecular weight is 302 g/mol. The van der Waals surface area contributed by atoms with Crippen LogP contribution in [0.15, 0.2) is 28.9 Å². The molecule has 2 rings (SSSR count). The lowest BCUT2D eigenvalue weighted by atomic mass is 10.0. The third-order valence-electron chi connectivity index (χ3n) is 2.45. The third-order valence-corrected chi connectivity index (χ3v) is 3.26. The van der Waals surface area contributed by atoms with Crippen molar-refractivity contribution in [3.05, 3.63) is 51.8 Å². The first-order valence-corrected chi connectivity index (χ1v) is 5.68. The number of aryl methyl sites for hydroxylation is 1. The first-order chi connectivity index (χ1) is 8.00. The van der Waals surface area contributed by atoms with Crippen molar-refractivity contribution in [1.82, 2.24) is 9.78 Å². The van der Waals surface area contributed by atoms with Crippen LogP contribution >= 0.6 is 15.9 Å². The summed E-state index contributed by atoms with van der Waals surface area (Å²) in [6.07, 6.45) is 1.74. The van der Waals surface area contributed by atoms with Gasteiger partial charge in [0.1, 0.15) is 0 Å².